The van der Waals surface area contributed by atoms with Gasteiger partial charge in [0.25, 0.3) is 0 Å². The maximum atomic E-state index is 11.2. The third-order valence-corrected chi connectivity index (χ3v) is 1.38. The SMILES string of the molecule is COC(=O)/C=C/[C@H](C)OC(=O)OC(C)(C)C. The fourth-order valence-corrected chi connectivity index (χ4v) is 0.747. The first-order valence-corrected chi connectivity index (χ1v) is 4.90. The van der Waals surface area contributed by atoms with Gasteiger partial charge in [0.2, 0.25) is 0 Å². The van der Waals surface area contributed by atoms with Crippen molar-refractivity contribution in [2.75, 3.05) is 7.11 Å². The summed E-state index contributed by atoms with van der Waals surface area (Å²) < 4.78 is 14.2. The Kier molecular flexibility index (Phi) is 5.56. The van der Waals surface area contributed by atoms with Crippen LogP contribution in [0.25, 0.3) is 0 Å². The van der Waals surface area contributed by atoms with Crippen LogP contribution in [0.3, 0.4) is 0 Å². The fourth-order valence-electron chi connectivity index (χ4n) is 0.747. The van der Waals surface area contributed by atoms with Crippen LogP contribution < -0.4 is 0 Å². The van der Waals surface area contributed by atoms with Gasteiger partial charge in [0.1, 0.15) is 11.7 Å². The minimum atomic E-state index is -0.769. The molecule has 0 rings (SSSR count). The third-order valence-electron chi connectivity index (χ3n) is 1.38. The van der Waals surface area contributed by atoms with Gasteiger partial charge in [0.15, 0.2) is 0 Å². The lowest BCUT2D eigenvalue weighted by Crippen LogP contribution is -2.26. The quantitative estimate of drug-likeness (QED) is 0.548. The van der Waals surface area contributed by atoms with Crippen LogP contribution in [0.5, 0.6) is 0 Å². The Morgan fingerprint density at radius 2 is 1.81 bits per heavy atom. The molecule has 0 aliphatic carbocycles. The van der Waals surface area contributed by atoms with E-state index in [-0.39, 0.29) is 0 Å². The summed E-state index contributed by atoms with van der Waals surface area (Å²) >= 11 is 0. The van der Waals surface area contributed by atoms with Crippen LogP contribution in [0.15, 0.2) is 12.2 Å². The van der Waals surface area contributed by atoms with E-state index in [9.17, 15) is 9.59 Å². The number of carbonyl (C=O) groups excluding carboxylic acids is 2. The summed E-state index contributed by atoms with van der Waals surface area (Å²) in [4.78, 5) is 21.9. The smallest absolute Gasteiger partial charge is 0.466 e. The molecule has 0 amide bonds. The monoisotopic (exact) mass is 230 g/mol. The Balaban J connectivity index is 4.06. The van der Waals surface area contributed by atoms with Crippen molar-refractivity contribution in [3.8, 4) is 0 Å². The highest BCUT2D eigenvalue weighted by Gasteiger charge is 2.18. The van der Waals surface area contributed by atoms with Crippen LogP contribution in [-0.2, 0) is 19.0 Å². The Morgan fingerprint density at radius 3 is 2.25 bits per heavy atom. The number of hydrogen-bond donors (Lipinski definition) is 0. The van der Waals surface area contributed by atoms with Crippen molar-refractivity contribution in [2.24, 2.45) is 0 Å². The maximum Gasteiger partial charge on any atom is 0.509 e. The standard InChI is InChI=1S/C11H18O5/c1-8(6-7-9(12)14-5)15-10(13)16-11(2,3)4/h6-8H,1-5H3/b7-6+/t8-/m0/s1. The van der Waals surface area contributed by atoms with Gasteiger partial charge in [-0.1, -0.05) is 0 Å². The van der Waals surface area contributed by atoms with Gasteiger partial charge >= 0.3 is 12.1 Å². The second-order valence-corrected chi connectivity index (χ2v) is 4.17. The molecule has 0 bridgehead atoms. The van der Waals surface area contributed by atoms with Crippen LogP contribution in [0.4, 0.5) is 4.79 Å². The summed E-state index contributed by atoms with van der Waals surface area (Å²) in [5.41, 5.74) is -0.594. The molecule has 0 saturated heterocycles. The highest BCUT2D eigenvalue weighted by molar-refractivity contribution is 5.81. The number of methoxy groups -OCH3 is 1. The highest BCUT2D eigenvalue weighted by Crippen LogP contribution is 2.09. The molecule has 0 spiro atoms. The van der Waals surface area contributed by atoms with Crippen molar-refractivity contribution in [2.45, 2.75) is 39.4 Å². The van der Waals surface area contributed by atoms with E-state index in [1.807, 2.05) is 0 Å². The summed E-state index contributed by atoms with van der Waals surface area (Å²) in [6.45, 7) is 6.83. The number of ether oxygens (including phenoxy) is 3. The predicted octanol–water partition coefficient (Wildman–Crippen LogP) is 2.06. The molecule has 0 aliphatic rings. The molecule has 0 aromatic rings. The van der Waals surface area contributed by atoms with Crippen LogP contribution in [0.1, 0.15) is 27.7 Å². The van der Waals surface area contributed by atoms with Crippen molar-refractivity contribution in [3.63, 3.8) is 0 Å². The minimum Gasteiger partial charge on any atom is -0.466 e. The molecular formula is C11H18O5. The van der Waals surface area contributed by atoms with E-state index < -0.39 is 23.8 Å². The third kappa shape index (κ3) is 7.84. The van der Waals surface area contributed by atoms with Gasteiger partial charge in [0.05, 0.1) is 7.11 Å². The largest absolute Gasteiger partial charge is 0.509 e. The zero-order valence-corrected chi connectivity index (χ0v) is 10.3. The van der Waals surface area contributed by atoms with E-state index in [0.29, 0.717) is 0 Å². The zero-order chi connectivity index (χ0) is 12.8. The molecule has 92 valence electrons. The van der Waals surface area contributed by atoms with Gasteiger partial charge in [-0.05, 0) is 33.8 Å². The van der Waals surface area contributed by atoms with E-state index in [1.165, 1.54) is 19.3 Å². The van der Waals surface area contributed by atoms with Gasteiger partial charge in [0, 0.05) is 6.08 Å². The molecular weight excluding hydrogens is 212 g/mol. The van der Waals surface area contributed by atoms with E-state index in [0.717, 1.165) is 0 Å². The van der Waals surface area contributed by atoms with E-state index in [4.69, 9.17) is 9.47 Å². The van der Waals surface area contributed by atoms with Gasteiger partial charge in [-0.3, -0.25) is 0 Å². The summed E-state index contributed by atoms with van der Waals surface area (Å²) in [6, 6.07) is 0. The molecule has 0 radical (unpaired) electrons. The van der Waals surface area contributed by atoms with E-state index in [1.54, 1.807) is 27.7 Å². The van der Waals surface area contributed by atoms with Gasteiger partial charge in [-0.15, -0.1) is 0 Å². The Morgan fingerprint density at radius 1 is 1.25 bits per heavy atom. The van der Waals surface area contributed by atoms with Crippen molar-refractivity contribution >= 4 is 12.1 Å². The Hall–Kier alpha value is -1.52. The summed E-state index contributed by atoms with van der Waals surface area (Å²) in [6.07, 6.45) is 1.29. The first-order chi connectivity index (χ1) is 7.24. The van der Waals surface area contributed by atoms with Crippen LogP contribution in [-0.4, -0.2) is 30.9 Å². The molecule has 0 saturated carbocycles. The lowest BCUT2D eigenvalue weighted by atomic mass is 10.2. The molecule has 0 aromatic carbocycles. The summed E-state index contributed by atoms with van der Waals surface area (Å²) in [5, 5.41) is 0. The number of carbonyl (C=O) groups is 2. The average Bonchev–Trinajstić information content (AvgIpc) is 2.10. The molecule has 0 aromatic heterocycles. The van der Waals surface area contributed by atoms with Crippen molar-refractivity contribution in [3.05, 3.63) is 12.2 Å². The molecule has 16 heavy (non-hydrogen) atoms. The van der Waals surface area contributed by atoms with Crippen molar-refractivity contribution in [1.29, 1.82) is 0 Å². The van der Waals surface area contributed by atoms with Crippen LogP contribution >= 0.6 is 0 Å². The van der Waals surface area contributed by atoms with E-state index in [2.05, 4.69) is 4.74 Å². The van der Waals surface area contributed by atoms with Crippen molar-refractivity contribution < 1.29 is 23.8 Å². The topological polar surface area (TPSA) is 61.8 Å². The molecule has 0 aliphatic heterocycles. The average molecular weight is 230 g/mol. The van der Waals surface area contributed by atoms with Crippen LogP contribution in [0.2, 0.25) is 0 Å². The fraction of sp³-hybridized carbons (Fsp3) is 0.636. The normalized spacial score (nSPS) is 13.3. The van der Waals surface area contributed by atoms with Gasteiger partial charge in [-0.25, -0.2) is 9.59 Å². The Labute approximate surface area is 95.4 Å². The second-order valence-electron chi connectivity index (χ2n) is 4.17. The molecule has 0 unspecified atom stereocenters. The lowest BCUT2D eigenvalue weighted by Gasteiger charge is -2.19. The van der Waals surface area contributed by atoms with Crippen LogP contribution in [0, 0.1) is 0 Å². The van der Waals surface area contributed by atoms with Gasteiger partial charge < -0.3 is 14.2 Å². The number of rotatable bonds is 3. The highest BCUT2D eigenvalue weighted by atomic mass is 16.7. The molecule has 0 fully saturated rings. The first kappa shape index (κ1) is 14.5. The molecule has 5 nitrogen and oxygen atoms in total. The lowest BCUT2D eigenvalue weighted by molar-refractivity contribution is -0.134. The number of hydrogen-bond acceptors (Lipinski definition) is 5. The molecule has 5 heteroatoms. The summed E-state index contributed by atoms with van der Waals surface area (Å²) in [7, 11) is 1.27. The number of esters is 1. The molecule has 0 heterocycles. The first-order valence-electron chi connectivity index (χ1n) is 4.90. The summed E-state index contributed by atoms with van der Waals surface area (Å²) in [5.74, 6) is -0.500. The second kappa shape index (κ2) is 6.15. The predicted molar refractivity (Wildman–Crippen MR) is 57.9 cm³/mol. The minimum absolute atomic E-state index is 0.500. The van der Waals surface area contributed by atoms with Crippen molar-refractivity contribution in [1.82, 2.24) is 0 Å². The zero-order valence-electron chi connectivity index (χ0n) is 10.3. The maximum absolute atomic E-state index is 11.2. The van der Waals surface area contributed by atoms with Gasteiger partial charge in [-0.2, -0.15) is 0 Å². The van der Waals surface area contributed by atoms with E-state index >= 15 is 0 Å². The Bertz CT molecular complexity index is 275. The molecule has 0 N–H and O–H groups in total. The molecule has 1 atom stereocenters.